The second-order valence-corrected chi connectivity index (χ2v) is 9.58. The highest BCUT2D eigenvalue weighted by molar-refractivity contribution is 6.06. The number of aromatic nitrogens is 1. The van der Waals surface area contributed by atoms with E-state index in [1.807, 2.05) is 49.4 Å². The predicted octanol–water partition coefficient (Wildman–Crippen LogP) is 6.63. The van der Waals surface area contributed by atoms with Crippen LogP contribution in [0.3, 0.4) is 0 Å². The normalized spacial score (nSPS) is 11.0. The molecule has 1 aromatic heterocycles. The van der Waals surface area contributed by atoms with Gasteiger partial charge in [-0.2, -0.15) is 5.26 Å². The van der Waals surface area contributed by atoms with Gasteiger partial charge in [-0.25, -0.2) is 14.6 Å². The average Bonchev–Trinajstić information content (AvgIpc) is 2.90. The molecule has 4 aromatic rings. The van der Waals surface area contributed by atoms with E-state index in [4.69, 9.17) is 19.2 Å². The minimum absolute atomic E-state index is 0.190. The van der Waals surface area contributed by atoms with E-state index in [0.717, 1.165) is 11.1 Å². The van der Waals surface area contributed by atoms with Crippen molar-refractivity contribution in [3.8, 4) is 28.7 Å². The van der Waals surface area contributed by atoms with Crippen LogP contribution >= 0.6 is 0 Å². The molecule has 38 heavy (non-hydrogen) atoms. The summed E-state index contributed by atoms with van der Waals surface area (Å²) in [5.74, 6) is -0.601. The summed E-state index contributed by atoms with van der Waals surface area (Å²) in [5.41, 5.74) is 2.93. The lowest BCUT2D eigenvalue weighted by Crippen LogP contribution is -2.27. The lowest BCUT2D eigenvalue weighted by Gasteiger charge is -2.20. The largest absolute Gasteiger partial charge is 0.457 e. The highest BCUT2D eigenvalue weighted by Crippen LogP contribution is 2.35. The first-order valence-corrected chi connectivity index (χ1v) is 12.3. The van der Waals surface area contributed by atoms with Crippen molar-refractivity contribution < 1.29 is 23.8 Å². The summed E-state index contributed by atoms with van der Waals surface area (Å²) in [4.78, 5) is 30.2. The Hall–Kier alpha value is -4.70. The maximum absolute atomic E-state index is 13.3. The Morgan fingerprint density at radius 3 is 2.32 bits per heavy atom. The van der Waals surface area contributed by atoms with Crippen LogP contribution in [-0.2, 0) is 20.7 Å². The van der Waals surface area contributed by atoms with Crippen LogP contribution in [0.5, 0.6) is 11.5 Å². The van der Waals surface area contributed by atoms with E-state index in [1.54, 1.807) is 51.1 Å². The summed E-state index contributed by atoms with van der Waals surface area (Å²) < 4.78 is 16.9. The summed E-state index contributed by atoms with van der Waals surface area (Å²) >= 11 is 0. The Labute approximate surface area is 221 Å². The van der Waals surface area contributed by atoms with Gasteiger partial charge in [-0.3, -0.25) is 0 Å². The van der Waals surface area contributed by atoms with Crippen molar-refractivity contribution in [3.05, 3.63) is 89.6 Å². The molecule has 4 rings (SSSR count). The van der Waals surface area contributed by atoms with E-state index in [-0.39, 0.29) is 11.3 Å². The highest BCUT2D eigenvalue weighted by atomic mass is 16.6. The fourth-order valence-electron chi connectivity index (χ4n) is 4.02. The van der Waals surface area contributed by atoms with Crippen LogP contribution in [0.25, 0.3) is 22.0 Å². The zero-order valence-corrected chi connectivity index (χ0v) is 21.8. The van der Waals surface area contributed by atoms with Gasteiger partial charge >= 0.3 is 11.9 Å². The molecule has 0 aliphatic carbocycles. The molecule has 7 nitrogen and oxygen atoms in total. The molecule has 0 N–H and O–H groups in total. The fraction of sp³-hybridized carbons (Fsp3) is 0.226. The summed E-state index contributed by atoms with van der Waals surface area (Å²) in [6.45, 7) is 6.62. The van der Waals surface area contributed by atoms with Gasteiger partial charge < -0.3 is 14.2 Å². The molecule has 0 unspecified atom stereocenters. The van der Waals surface area contributed by atoms with Crippen molar-refractivity contribution in [2.45, 2.75) is 39.7 Å². The van der Waals surface area contributed by atoms with E-state index >= 15 is 0 Å². The van der Waals surface area contributed by atoms with Gasteiger partial charge in [-0.15, -0.1) is 0 Å². The predicted molar refractivity (Wildman–Crippen MR) is 144 cm³/mol. The average molecular weight is 509 g/mol. The van der Waals surface area contributed by atoms with Gasteiger partial charge in [0.25, 0.3) is 0 Å². The van der Waals surface area contributed by atoms with Gasteiger partial charge in [0.2, 0.25) is 0 Å². The van der Waals surface area contributed by atoms with Crippen LogP contribution in [-0.4, -0.2) is 29.1 Å². The number of aryl methyl sites for hydroxylation is 1. The van der Waals surface area contributed by atoms with E-state index in [9.17, 15) is 14.9 Å². The summed E-state index contributed by atoms with van der Waals surface area (Å²) in [6, 6.07) is 24.0. The molecule has 0 radical (unpaired) electrons. The molecule has 0 fully saturated rings. The van der Waals surface area contributed by atoms with Crippen molar-refractivity contribution in [1.29, 1.82) is 5.26 Å². The number of fused-ring (bicyclic) bond motifs is 1. The number of esters is 2. The quantitative estimate of drug-likeness (QED) is 0.258. The molecule has 1 heterocycles. The van der Waals surface area contributed by atoms with Gasteiger partial charge in [0.05, 0.1) is 22.8 Å². The third kappa shape index (κ3) is 5.98. The van der Waals surface area contributed by atoms with E-state index in [0.29, 0.717) is 34.3 Å². The number of ether oxygens (including phenoxy) is 3. The van der Waals surface area contributed by atoms with Crippen LogP contribution in [0.2, 0.25) is 0 Å². The number of carbonyl (C=O) groups is 2. The summed E-state index contributed by atoms with van der Waals surface area (Å²) in [5, 5.41) is 9.98. The third-order valence-corrected chi connectivity index (χ3v) is 5.63. The van der Waals surface area contributed by atoms with Crippen LogP contribution < -0.4 is 4.74 Å². The molecule has 3 aromatic carbocycles. The molecule has 192 valence electrons. The summed E-state index contributed by atoms with van der Waals surface area (Å²) in [7, 11) is 0. The third-order valence-electron chi connectivity index (χ3n) is 5.63. The standard InChI is InChI=1S/C31H28N2O5/c1-5-25-29(37-22-16-14-20(15-17-22)23-11-7-6-10-21(23)18-32)28(24-12-8-9-13-26(24)33-25)30(35)36-19-27(34)38-31(2,3)4/h6-17H,5,19H2,1-4H3. The monoisotopic (exact) mass is 508 g/mol. The van der Waals surface area contributed by atoms with E-state index < -0.39 is 24.1 Å². The maximum Gasteiger partial charge on any atom is 0.344 e. The molecule has 0 aliphatic heterocycles. The Morgan fingerprint density at radius 2 is 1.63 bits per heavy atom. The van der Waals surface area contributed by atoms with Crippen molar-refractivity contribution >= 4 is 22.8 Å². The number of nitrogens with zero attached hydrogens (tertiary/aromatic N) is 2. The van der Waals surface area contributed by atoms with Gasteiger partial charge in [-0.1, -0.05) is 55.5 Å². The maximum atomic E-state index is 13.3. The number of benzene rings is 3. The van der Waals surface area contributed by atoms with Crippen LogP contribution in [0.1, 0.15) is 49.3 Å². The molecular formula is C31H28N2O5. The number of rotatable bonds is 7. The number of hydrogen-bond donors (Lipinski definition) is 0. The van der Waals surface area contributed by atoms with E-state index in [2.05, 4.69) is 6.07 Å². The van der Waals surface area contributed by atoms with Crippen LogP contribution in [0.15, 0.2) is 72.8 Å². The van der Waals surface area contributed by atoms with Crippen molar-refractivity contribution in [2.24, 2.45) is 0 Å². The Kier molecular flexibility index (Phi) is 7.73. The minimum atomic E-state index is -0.710. The van der Waals surface area contributed by atoms with Gasteiger partial charge in [0, 0.05) is 5.39 Å². The summed E-state index contributed by atoms with van der Waals surface area (Å²) in [6.07, 6.45) is 0.500. The van der Waals surface area contributed by atoms with Gasteiger partial charge in [0.15, 0.2) is 12.4 Å². The number of para-hydroxylation sites is 1. The molecule has 0 bridgehead atoms. The number of hydrogen-bond acceptors (Lipinski definition) is 7. The number of carbonyl (C=O) groups excluding carboxylic acids is 2. The lowest BCUT2D eigenvalue weighted by molar-refractivity contribution is -0.158. The van der Waals surface area contributed by atoms with Crippen molar-refractivity contribution in [3.63, 3.8) is 0 Å². The lowest BCUT2D eigenvalue weighted by atomic mass is 10.0. The topological polar surface area (TPSA) is 98.5 Å². The Bertz CT molecular complexity index is 1530. The molecule has 0 spiro atoms. The number of pyridine rings is 1. The first-order chi connectivity index (χ1) is 18.2. The Balaban J connectivity index is 1.70. The second-order valence-electron chi connectivity index (χ2n) is 9.58. The smallest absolute Gasteiger partial charge is 0.344 e. The molecule has 0 aliphatic rings. The SMILES string of the molecule is CCc1nc2ccccc2c(C(=O)OCC(=O)OC(C)(C)C)c1Oc1ccc(-c2ccccc2C#N)cc1. The Morgan fingerprint density at radius 1 is 0.947 bits per heavy atom. The minimum Gasteiger partial charge on any atom is -0.457 e. The zero-order valence-electron chi connectivity index (χ0n) is 21.8. The fourth-order valence-corrected chi connectivity index (χ4v) is 4.02. The zero-order chi connectivity index (χ0) is 27.3. The molecular weight excluding hydrogens is 480 g/mol. The molecule has 0 atom stereocenters. The number of nitriles is 1. The van der Waals surface area contributed by atoms with Crippen LogP contribution in [0, 0.1) is 11.3 Å². The highest BCUT2D eigenvalue weighted by Gasteiger charge is 2.25. The molecule has 0 saturated heterocycles. The van der Waals surface area contributed by atoms with Gasteiger partial charge in [0.1, 0.15) is 16.9 Å². The second kappa shape index (κ2) is 11.1. The molecule has 7 heteroatoms. The van der Waals surface area contributed by atoms with Crippen LogP contribution in [0.4, 0.5) is 0 Å². The molecule has 0 saturated carbocycles. The van der Waals surface area contributed by atoms with E-state index in [1.165, 1.54) is 0 Å². The van der Waals surface area contributed by atoms with Crippen molar-refractivity contribution in [2.75, 3.05) is 6.61 Å². The molecule has 0 amide bonds. The van der Waals surface area contributed by atoms with Gasteiger partial charge in [-0.05, 0) is 62.6 Å². The first-order valence-electron chi connectivity index (χ1n) is 12.3. The van der Waals surface area contributed by atoms with Crippen molar-refractivity contribution in [1.82, 2.24) is 4.98 Å². The first kappa shape index (κ1) is 26.4.